The number of aromatic nitrogens is 1. The Bertz CT molecular complexity index is 1340. The first-order valence-corrected chi connectivity index (χ1v) is 12.5. The Hall–Kier alpha value is -2.23. The van der Waals surface area contributed by atoms with E-state index in [-0.39, 0.29) is 40.3 Å². The highest BCUT2D eigenvalue weighted by atomic mass is 35.5. The number of benzene rings is 2. The molecule has 3 aromatic rings. The van der Waals surface area contributed by atoms with Crippen LogP contribution in [0, 0.1) is 13.8 Å². The van der Waals surface area contributed by atoms with Gasteiger partial charge in [0.2, 0.25) is 10.0 Å². The molecule has 0 N–H and O–H groups in total. The van der Waals surface area contributed by atoms with E-state index in [0.29, 0.717) is 18.8 Å². The molecule has 174 valence electrons. The Labute approximate surface area is 202 Å². The molecule has 0 unspecified atom stereocenters. The summed E-state index contributed by atoms with van der Waals surface area (Å²) in [6.07, 6.45) is 0. The van der Waals surface area contributed by atoms with Crippen molar-refractivity contribution >= 4 is 50.1 Å². The van der Waals surface area contributed by atoms with Crippen LogP contribution in [0.1, 0.15) is 27.0 Å². The molecule has 0 spiro atoms. The Balaban J connectivity index is 1.56. The minimum absolute atomic E-state index is 0.0306. The van der Waals surface area contributed by atoms with Crippen molar-refractivity contribution in [1.82, 2.24) is 9.29 Å². The average Bonchev–Trinajstić information content (AvgIpc) is 2.81. The Morgan fingerprint density at radius 1 is 1.12 bits per heavy atom. The predicted molar refractivity (Wildman–Crippen MR) is 126 cm³/mol. The zero-order chi connectivity index (χ0) is 23.8. The van der Waals surface area contributed by atoms with Crippen LogP contribution in [-0.4, -0.2) is 50.0 Å². The molecule has 7 nitrogen and oxygen atoms in total. The summed E-state index contributed by atoms with van der Waals surface area (Å²) in [4.78, 5) is 17.2. The maximum absolute atomic E-state index is 12.9. The molecule has 10 heteroatoms. The van der Waals surface area contributed by atoms with E-state index in [2.05, 4.69) is 4.98 Å². The van der Waals surface area contributed by atoms with Crippen LogP contribution in [0.3, 0.4) is 0 Å². The highest BCUT2D eigenvalue weighted by molar-refractivity contribution is 7.89. The number of pyridine rings is 1. The van der Waals surface area contributed by atoms with Gasteiger partial charge < -0.3 is 9.47 Å². The fourth-order valence-electron chi connectivity index (χ4n) is 3.58. The molecule has 1 aliphatic rings. The van der Waals surface area contributed by atoms with E-state index in [9.17, 15) is 13.2 Å². The zero-order valence-electron chi connectivity index (χ0n) is 18.1. The minimum Gasteiger partial charge on any atom is -0.457 e. The van der Waals surface area contributed by atoms with Crippen LogP contribution < -0.4 is 0 Å². The van der Waals surface area contributed by atoms with Crippen LogP contribution in [0.15, 0.2) is 41.3 Å². The van der Waals surface area contributed by atoms with Gasteiger partial charge in [0.15, 0.2) is 0 Å². The third-order valence-electron chi connectivity index (χ3n) is 5.66. The van der Waals surface area contributed by atoms with E-state index in [0.717, 1.165) is 22.0 Å². The number of rotatable bonds is 5. The van der Waals surface area contributed by atoms with Crippen molar-refractivity contribution in [1.29, 1.82) is 0 Å². The topological polar surface area (TPSA) is 85.8 Å². The number of carbonyl (C=O) groups excluding carboxylic acids is 1. The molecule has 33 heavy (non-hydrogen) atoms. The van der Waals surface area contributed by atoms with Crippen LogP contribution in [0.25, 0.3) is 10.9 Å². The van der Waals surface area contributed by atoms with Gasteiger partial charge in [-0.25, -0.2) is 18.2 Å². The summed E-state index contributed by atoms with van der Waals surface area (Å²) >= 11 is 12.5. The lowest BCUT2D eigenvalue weighted by Crippen LogP contribution is -2.40. The van der Waals surface area contributed by atoms with Crippen molar-refractivity contribution in [3.05, 3.63) is 68.8 Å². The van der Waals surface area contributed by atoms with Crippen LogP contribution in [0.2, 0.25) is 10.2 Å². The van der Waals surface area contributed by atoms with Gasteiger partial charge in [-0.3, -0.25) is 0 Å². The summed E-state index contributed by atoms with van der Waals surface area (Å²) in [5.41, 5.74) is 3.42. The van der Waals surface area contributed by atoms with Gasteiger partial charge >= 0.3 is 5.97 Å². The van der Waals surface area contributed by atoms with Gasteiger partial charge in [0, 0.05) is 24.0 Å². The first kappa shape index (κ1) is 23.9. The molecule has 2 heterocycles. The van der Waals surface area contributed by atoms with Crippen molar-refractivity contribution in [3.63, 3.8) is 0 Å². The number of nitrogens with zero attached hydrogens (tertiary/aromatic N) is 2. The number of sulfonamides is 1. The number of ether oxygens (including phenoxy) is 2. The zero-order valence-corrected chi connectivity index (χ0v) is 20.4. The van der Waals surface area contributed by atoms with Gasteiger partial charge in [0.25, 0.3) is 0 Å². The van der Waals surface area contributed by atoms with Crippen molar-refractivity contribution in [2.75, 3.05) is 26.3 Å². The minimum atomic E-state index is -3.78. The number of hydrogen-bond donors (Lipinski definition) is 0. The monoisotopic (exact) mass is 508 g/mol. The molecule has 0 amide bonds. The van der Waals surface area contributed by atoms with E-state index in [1.165, 1.54) is 22.5 Å². The quantitative estimate of drug-likeness (QED) is 0.371. The molecule has 1 aromatic heterocycles. The lowest BCUT2D eigenvalue weighted by Gasteiger charge is -2.26. The predicted octanol–water partition coefficient (Wildman–Crippen LogP) is 4.54. The Morgan fingerprint density at radius 2 is 1.85 bits per heavy atom. The van der Waals surface area contributed by atoms with E-state index < -0.39 is 16.0 Å². The van der Waals surface area contributed by atoms with Crippen LogP contribution in [0.5, 0.6) is 0 Å². The van der Waals surface area contributed by atoms with Crippen LogP contribution in [0.4, 0.5) is 0 Å². The summed E-state index contributed by atoms with van der Waals surface area (Å²) in [6.45, 7) is 4.97. The average molecular weight is 509 g/mol. The van der Waals surface area contributed by atoms with Gasteiger partial charge in [-0.05, 0) is 49.2 Å². The first-order valence-electron chi connectivity index (χ1n) is 10.3. The van der Waals surface area contributed by atoms with Crippen LogP contribution in [-0.2, 0) is 26.1 Å². The second-order valence-corrected chi connectivity index (χ2v) is 10.5. The molecule has 0 saturated carbocycles. The summed E-state index contributed by atoms with van der Waals surface area (Å²) in [5.74, 6) is -0.754. The highest BCUT2D eigenvalue weighted by Crippen LogP contribution is 2.27. The fourth-order valence-corrected chi connectivity index (χ4v) is 5.41. The molecule has 1 saturated heterocycles. The molecular formula is C23H22Cl2N2O5S. The van der Waals surface area contributed by atoms with Gasteiger partial charge in [-0.1, -0.05) is 35.3 Å². The Kier molecular flexibility index (Phi) is 6.93. The van der Waals surface area contributed by atoms with E-state index in [4.69, 9.17) is 32.7 Å². The number of carbonyl (C=O) groups is 1. The lowest BCUT2D eigenvalue weighted by atomic mass is 10.0. The van der Waals surface area contributed by atoms with Crippen molar-refractivity contribution < 1.29 is 22.7 Å². The van der Waals surface area contributed by atoms with E-state index >= 15 is 0 Å². The molecule has 0 bridgehead atoms. The molecule has 0 aliphatic carbocycles. The SMILES string of the molecule is Cc1ccc2cc(COC(=O)c3cc(S(=O)(=O)N4CCOCC4)ccc3Cl)c(Cl)nc2c1C. The maximum atomic E-state index is 12.9. The fraction of sp³-hybridized carbons (Fsp3) is 0.304. The standard InChI is InChI=1S/C23H22Cl2N2O5S/c1-14-3-4-16-11-17(22(25)26-21(16)15(14)2)13-32-23(28)19-12-18(5-6-20(19)24)33(29,30)27-7-9-31-10-8-27/h3-6,11-12H,7-10,13H2,1-2H3. The smallest absolute Gasteiger partial charge is 0.340 e. The molecule has 0 atom stereocenters. The highest BCUT2D eigenvalue weighted by Gasteiger charge is 2.28. The summed E-state index contributed by atoms with van der Waals surface area (Å²) in [5, 5.41) is 1.21. The second kappa shape index (κ2) is 9.56. The third-order valence-corrected chi connectivity index (χ3v) is 8.21. The summed E-state index contributed by atoms with van der Waals surface area (Å²) in [6, 6.07) is 9.74. The summed E-state index contributed by atoms with van der Waals surface area (Å²) in [7, 11) is -3.78. The molecule has 4 rings (SSSR count). The Morgan fingerprint density at radius 3 is 2.58 bits per heavy atom. The van der Waals surface area contributed by atoms with Gasteiger partial charge in [0.1, 0.15) is 11.8 Å². The summed E-state index contributed by atoms with van der Waals surface area (Å²) < 4.78 is 37.8. The molecule has 1 fully saturated rings. The third kappa shape index (κ3) is 4.85. The van der Waals surface area contributed by atoms with Gasteiger partial charge in [-0.15, -0.1) is 0 Å². The number of fused-ring (bicyclic) bond motifs is 1. The number of morpholine rings is 1. The number of hydrogen-bond acceptors (Lipinski definition) is 6. The van der Waals surface area contributed by atoms with E-state index in [1.54, 1.807) is 0 Å². The molecular weight excluding hydrogens is 487 g/mol. The largest absolute Gasteiger partial charge is 0.457 e. The first-order chi connectivity index (χ1) is 15.7. The molecule has 0 radical (unpaired) electrons. The molecule has 2 aromatic carbocycles. The van der Waals surface area contributed by atoms with Crippen molar-refractivity contribution in [3.8, 4) is 0 Å². The maximum Gasteiger partial charge on any atom is 0.340 e. The molecule has 1 aliphatic heterocycles. The lowest BCUT2D eigenvalue weighted by molar-refractivity contribution is 0.0472. The van der Waals surface area contributed by atoms with Gasteiger partial charge in [-0.2, -0.15) is 4.31 Å². The normalized spacial score (nSPS) is 15.0. The van der Waals surface area contributed by atoms with E-state index in [1.807, 2.05) is 32.0 Å². The second-order valence-electron chi connectivity index (χ2n) is 7.75. The number of esters is 1. The number of halogens is 2. The van der Waals surface area contributed by atoms with Crippen molar-refractivity contribution in [2.45, 2.75) is 25.3 Å². The van der Waals surface area contributed by atoms with Crippen LogP contribution >= 0.6 is 23.2 Å². The van der Waals surface area contributed by atoms with Gasteiger partial charge in [0.05, 0.1) is 34.2 Å². The van der Waals surface area contributed by atoms with Crippen molar-refractivity contribution in [2.24, 2.45) is 0 Å². The number of aryl methyl sites for hydroxylation is 2.